The van der Waals surface area contributed by atoms with Crippen molar-refractivity contribution in [2.75, 3.05) is 32.7 Å². The average Bonchev–Trinajstić information content (AvgIpc) is 2.33. The van der Waals surface area contributed by atoms with Crippen LogP contribution in [0.1, 0.15) is 12.8 Å². The van der Waals surface area contributed by atoms with Crippen LogP contribution in [0, 0.1) is 5.92 Å². The molecule has 1 unspecified atom stereocenters. The van der Waals surface area contributed by atoms with Gasteiger partial charge in [-0.05, 0) is 19.4 Å². The number of nitrogens with zero attached hydrogens (tertiary/aromatic N) is 1. The van der Waals surface area contributed by atoms with Crippen molar-refractivity contribution in [3.05, 3.63) is 11.6 Å². The van der Waals surface area contributed by atoms with Crippen LogP contribution in [-0.4, -0.2) is 43.5 Å². The molecule has 0 radical (unpaired) electrons. The highest BCUT2D eigenvalue weighted by atomic mass is 35.5. The number of amides is 1. The highest BCUT2D eigenvalue weighted by Crippen LogP contribution is 2.16. The molecule has 1 heterocycles. The van der Waals surface area contributed by atoms with Crippen molar-refractivity contribution in [1.29, 1.82) is 0 Å². The lowest BCUT2D eigenvalue weighted by molar-refractivity contribution is -0.126. The summed E-state index contributed by atoms with van der Waals surface area (Å²) in [7, 11) is 0. The second-order valence-electron chi connectivity index (χ2n) is 4.04. The average molecular weight is 246 g/mol. The predicted molar refractivity (Wildman–Crippen MR) is 66.2 cm³/mol. The van der Waals surface area contributed by atoms with Crippen molar-refractivity contribution in [1.82, 2.24) is 10.2 Å². The van der Waals surface area contributed by atoms with Gasteiger partial charge in [0.05, 0.1) is 5.92 Å². The quantitative estimate of drug-likeness (QED) is 0.743. The number of rotatable bonds is 5. The third kappa shape index (κ3) is 4.51. The zero-order valence-electron chi connectivity index (χ0n) is 9.49. The number of likely N-dealkylation sites (tertiary alicyclic amines) is 1. The molecule has 16 heavy (non-hydrogen) atoms. The highest BCUT2D eigenvalue weighted by molar-refractivity contribution is 6.25. The van der Waals surface area contributed by atoms with Gasteiger partial charge in [0, 0.05) is 31.7 Å². The molecular weight excluding hydrogens is 226 g/mol. The molecule has 0 bridgehead atoms. The number of carbonyl (C=O) groups excluding carboxylic acids is 1. The molecule has 1 atom stereocenters. The van der Waals surface area contributed by atoms with E-state index in [0.717, 1.165) is 32.5 Å². The molecule has 92 valence electrons. The molecule has 1 fully saturated rings. The molecule has 5 heteroatoms. The summed E-state index contributed by atoms with van der Waals surface area (Å²) in [5.41, 5.74) is 6.88. The third-order valence-electron chi connectivity index (χ3n) is 2.77. The lowest BCUT2D eigenvalue weighted by Crippen LogP contribution is -2.44. The summed E-state index contributed by atoms with van der Waals surface area (Å²) < 4.78 is 0. The molecule has 0 aromatic rings. The topological polar surface area (TPSA) is 58.4 Å². The van der Waals surface area contributed by atoms with Crippen LogP contribution < -0.4 is 11.1 Å². The van der Waals surface area contributed by atoms with Gasteiger partial charge in [-0.25, -0.2) is 0 Å². The zero-order valence-corrected chi connectivity index (χ0v) is 10.2. The first-order chi connectivity index (χ1) is 7.77. The van der Waals surface area contributed by atoms with E-state index in [0.29, 0.717) is 13.1 Å². The molecular formula is C11H20ClN3O. The second-order valence-corrected chi connectivity index (χ2v) is 4.29. The summed E-state index contributed by atoms with van der Waals surface area (Å²) in [4.78, 5) is 14.0. The molecule has 0 aromatic carbocycles. The fourth-order valence-electron chi connectivity index (χ4n) is 1.96. The van der Waals surface area contributed by atoms with Crippen LogP contribution in [0.4, 0.5) is 0 Å². The van der Waals surface area contributed by atoms with Gasteiger partial charge in [-0.1, -0.05) is 17.7 Å². The Labute approximate surface area is 102 Å². The van der Waals surface area contributed by atoms with Gasteiger partial charge in [0.15, 0.2) is 0 Å². The van der Waals surface area contributed by atoms with Crippen molar-refractivity contribution in [3.63, 3.8) is 0 Å². The summed E-state index contributed by atoms with van der Waals surface area (Å²) in [5, 5.41) is 2.84. The number of nitrogens with two attached hydrogens (primary N) is 1. The molecule has 0 aromatic heterocycles. The number of piperidine rings is 1. The van der Waals surface area contributed by atoms with Crippen LogP contribution in [-0.2, 0) is 4.79 Å². The minimum absolute atomic E-state index is 0.101. The normalized spacial score (nSPS) is 22.5. The van der Waals surface area contributed by atoms with Gasteiger partial charge >= 0.3 is 0 Å². The first-order valence-corrected chi connectivity index (χ1v) is 6.17. The maximum Gasteiger partial charge on any atom is 0.224 e. The van der Waals surface area contributed by atoms with Crippen LogP contribution in [0.25, 0.3) is 0 Å². The van der Waals surface area contributed by atoms with Crippen LogP contribution >= 0.6 is 11.6 Å². The Hall–Kier alpha value is -0.580. The maximum atomic E-state index is 11.7. The summed E-state index contributed by atoms with van der Waals surface area (Å²) in [6.07, 6.45) is 3.94. The van der Waals surface area contributed by atoms with Crippen molar-refractivity contribution in [2.45, 2.75) is 12.8 Å². The largest absolute Gasteiger partial charge is 0.355 e. The minimum atomic E-state index is 0.101. The van der Waals surface area contributed by atoms with Crippen LogP contribution in [0.5, 0.6) is 0 Å². The van der Waals surface area contributed by atoms with E-state index in [1.165, 1.54) is 5.54 Å². The zero-order chi connectivity index (χ0) is 11.8. The highest BCUT2D eigenvalue weighted by Gasteiger charge is 2.24. The summed E-state index contributed by atoms with van der Waals surface area (Å²) in [6, 6.07) is 0. The molecule has 0 spiro atoms. The van der Waals surface area contributed by atoms with E-state index in [4.69, 9.17) is 17.3 Å². The van der Waals surface area contributed by atoms with Crippen LogP contribution in [0.3, 0.4) is 0 Å². The van der Waals surface area contributed by atoms with Gasteiger partial charge < -0.3 is 11.1 Å². The number of hydrogen-bond acceptors (Lipinski definition) is 3. The number of hydrogen-bond donors (Lipinski definition) is 2. The Morgan fingerprint density at radius 2 is 2.44 bits per heavy atom. The minimum Gasteiger partial charge on any atom is -0.355 e. The van der Waals surface area contributed by atoms with E-state index in [1.807, 2.05) is 6.08 Å². The van der Waals surface area contributed by atoms with E-state index < -0.39 is 0 Å². The Morgan fingerprint density at radius 3 is 3.12 bits per heavy atom. The van der Waals surface area contributed by atoms with Crippen molar-refractivity contribution < 1.29 is 4.79 Å². The SMILES string of the molecule is NCCNC(=O)C1CCCN(CC=CCl)C1. The van der Waals surface area contributed by atoms with Gasteiger partial charge in [0.25, 0.3) is 0 Å². The second kappa shape index (κ2) is 7.65. The van der Waals surface area contributed by atoms with Gasteiger partial charge in [-0.2, -0.15) is 0 Å². The Kier molecular flexibility index (Phi) is 6.45. The number of nitrogens with one attached hydrogen (secondary N) is 1. The molecule has 1 aliphatic heterocycles. The molecule has 1 rings (SSSR count). The van der Waals surface area contributed by atoms with Crippen molar-refractivity contribution in [2.24, 2.45) is 11.7 Å². The van der Waals surface area contributed by atoms with Gasteiger partial charge in [0.2, 0.25) is 5.91 Å². The van der Waals surface area contributed by atoms with Gasteiger partial charge in [-0.15, -0.1) is 0 Å². The molecule has 4 nitrogen and oxygen atoms in total. The molecule has 0 aliphatic carbocycles. The lowest BCUT2D eigenvalue weighted by atomic mass is 9.97. The molecule has 1 amide bonds. The third-order valence-corrected chi connectivity index (χ3v) is 2.95. The fraction of sp³-hybridized carbons (Fsp3) is 0.727. The monoisotopic (exact) mass is 245 g/mol. The Bertz CT molecular complexity index is 245. The lowest BCUT2D eigenvalue weighted by Gasteiger charge is -2.31. The number of halogens is 1. The first kappa shape index (κ1) is 13.5. The number of carbonyl (C=O) groups is 1. The smallest absolute Gasteiger partial charge is 0.224 e. The summed E-state index contributed by atoms with van der Waals surface area (Å²) in [5.74, 6) is 0.231. The maximum absolute atomic E-state index is 11.7. The molecule has 1 aliphatic rings. The standard InChI is InChI=1S/C11H20ClN3O/c12-4-2-8-15-7-1-3-10(9-15)11(16)14-6-5-13/h2,4,10H,1,3,5-9,13H2,(H,14,16). The van der Waals surface area contributed by atoms with Gasteiger partial charge in [0.1, 0.15) is 0 Å². The summed E-state index contributed by atoms with van der Waals surface area (Å²) in [6.45, 7) is 3.75. The van der Waals surface area contributed by atoms with Crippen molar-refractivity contribution >= 4 is 17.5 Å². The van der Waals surface area contributed by atoms with Crippen LogP contribution in [0.15, 0.2) is 11.6 Å². The van der Waals surface area contributed by atoms with Crippen molar-refractivity contribution in [3.8, 4) is 0 Å². The molecule has 3 N–H and O–H groups in total. The first-order valence-electron chi connectivity index (χ1n) is 5.73. The fourth-order valence-corrected chi connectivity index (χ4v) is 2.04. The molecule has 0 saturated carbocycles. The van der Waals surface area contributed by atoms with E-state index in [2.05, 4.69) is 10.2 Å². The van der Waals surface area contributed by atoms with E-state index in [-0.39, 0.29) is 11.8 Å². The predicted octanol–water partition coefficient (Wildman–Crippen LogP) is 0.526. The van der Waals surface area contributed by atoms with Gasteiger partial charge in [-0.3, -0.25) is 9.69 Å². The van der Waals surface area contributed by atoms with Crippen LogP contribution in [0.2, 0.25) is 0 Å². The molecule has 1 saturated heterocycles. The van der Waals surface area contributed by atoms with E-state index in [1.54, 1.807) is 0 Å². The van der Waals surface area contributed by atoms with E-state index >= 15 is 0 Å². The Morgan fingerprint density at radius 1 is 1.62 bits per heavy atom. The Balaban J connectivity index is 2.34. The summed E-state index contributed by atoms with van der Waals surface area (Å²) >= 11 is 5.49. The van der Waals surface area contributed by atoms with E-state index in [9.17, 15) is 4.79 Å².